The van der Waals surface area contributed by atoms with E-state index in [9.17, 15) is 9.59 Å². The Kier molecular flexibility index (Phi) is 7.25. The molecule has 1 heterocycles. The number of aromatic amines is 1. The van der Waals surface area contributed by atoms with E-state index in [1.54, 1.807) is 37.5 Å². The number of carbonyl (C=O) groups excluding carboxylic acids is 2. The predicted molar refractivity (Wildman–Crippen MR) is 131 cm³/mol. The fraction of sp³-hybridized carbons (Fsp3) is 0.259. The smallest absolute Gasteiger partial charge is 0.267 e. The lowest BCUT2D eigenvalue weighted by atomic mass is 9.97. The first-order valence-corrected chi connectivity index (χ1v) is 11.3. The van der Waals surface area contributed by atoms with Crippen molar-refractivity contribution in [2.75, 3.05) is 13.7 Å². The molecule has 170 valence electrons. The molecule has 0 radical (unpaired) electrons. The van der Waals surface area contributed by atoms with Crippen molar-refractivity contribution in [2.45, 2.75) is 32.1 Å². The van der Waals surface area contributed by atoms with Crippen LogP contribution < -0.4 is 15.4 Å². The highest BCUT2D eigenvalue weighted by Crippen LogP contribution is 2.25. The maximum atomic E-state index is 13.1. The Labute approximate surface area is 193 Å². The van der Waals surface area contributed by atoms with E-state index in [1.165, 1.54) is 18.4 Å². The van der Waals surface area contributed by atoms with Gasteiger partial charge in [-0.25, -0.2) is 0 Å². The monoisotopic (exact) mass is 443 g/mol. The van der Waals surface area contributed by atoms with Crippen molar-refractivity contribution < 1.29 is 14.3 Å². The van der Waals surface area contributed by atoms with Crippen molar-refractivity contribution in [3.8, 4) is 5.75 Å². The third kappa shape index (κ3) is 5.71. The highest BCUT2D eigenvalue weighted by Gasteiger charge is 2.16. The van der Waals surface area contributed by atoms with Gasteiger partial charge in [0.15, 0.2) is 0 Å². The lowest BCUT2D eigenvalue weighted by Crippen LogP contribution is -2.35. The first-order valence-electron chi connectivity index (χ1n) is 11.3. The van der Waals surface area contributed by atoms with Crippen molar-refractivity contribution >= 4 is 28.8 Å². The Morgan fingerprint density at radius 1 is 1.12 bits per heavy atom. The molecular weight excluding hydrogens is 414 g/mol. The summed E-state index contributed by atoms with van der Waals surface area (Å²) in [6, 6.07) is 14.6. The zero-order chi connectivity index (χ0) is 23.0. The lowest BCUT2D eigenvalue weighted by Gasteiger charge is -2.14. The fourth-order valence-electron chi connectivity index (χ4n) is 4.03. The Bertz CT molecular complexity index is 1190. The van der Waals surface area contributed by atoms with E-state index in [4.69, 9.17) is 4.74 Å². The topological polar surface area (TPSA) is 83.2 Å². The minimum absolute atomic E-state index is 0.199. The van der Waals surface area contributed by atoms with Gasteiger partial charge in [-0.2, -0.15) is 0 Å². The predicted octanol–water partition coefficient (Wildman–Crippen LogP) is 4.95. The minimum atomic E-state index is -0.329. The first-order chi connectivity index (χ1) is 16.1. The molecule has 3 N–H and O–H groups in total. The van der Waals surface area contributed by atoms with Crippen molar-refractivity contribution in [1.29, 1.82) is 0 Å². The Morgan fingerprint density at radius 2 is 1.97 bits per heavy atom. The Morgan fingerprint density at radius 3 is 2.73 bits per heavy atom. The van der Waals surface area contributed by atoms with E-state index in [1.807, 2.05) is 30.5 Å². The van der Waals surface area contributed by atoms with Gasteiger partial charge in [0, 0.05) is 34.8 Å². The van der Waals surface area contributed by atoms with Crippen molar-refractivity contribution in [2.24, 2.45) is 0 Å². The number of nitrogens with one attached hydrogen (secondary N) is 3. The van der Waals surface area contributed by atoms with Crippen LogP contribution in [0.4, 0.5) is 0 Å². The number of hydrogen-bond donors (Lipinski definition) is 3. The number of methoxy groups -OCH3 is 1. The summed E-state index contributed by atoms with van der Waals surface area (Å²) >= 11 is 0. The van der Waals surface area contributed by atoms with Crippen molar-refractivity contribution in [3.63, 3.8) is 0 Å². The number of fused-ring (bicyclic) bond motifs is 1. The number of amides is 2. The van der Waals surface area contributed by atoms with Crippen LogP contribution >= 0.6 is 0 Å². The molecule has 4 rings (SSSR count). The largest absolute Gasteiger partial charge is 0.497 e. The van der Waals surface area contributed by atoms with Crippen LogP contribution in [0.1, 0.15) is 48.0 Å². The van der Waals surface area contributed by atoms with Crippen LogP contribution in [0, 0.1) is 0 Å². The molecule has 2 aromatic carbocycles. The van der Waals surface area contributed by atoms with Gasteiger partial charge in [0.1, 0.15) is 11.4 Å². The molecule has 0 fully saturated rings. The summed E-state index contributed by atoms with van der Waals surface area (Å²) < 4.78 is 5.34. The second kappa shape index (κ2) is 10.7. The van der Waals surface area contributed by atoms with Gasteiger partial charge in [0.25, 0.3) is 11.8 Å². The van der Waals surface area contributed by atoms with Gasteiger partial charge in [-0.05, 0) is 68.5 Å². The molecule has 0 bridgehead atoms. The first kappa shape index (κ1) is 22.4. The lowest BCUT2D eigenvalue weighted by molar-refractivity contribution is -0.117. The second-order valence-corrected chi connectivity index (χ2v) is 8.15. The van der Waals surface area contributed by atoms with E-state index in [2.05, 4.69) is 21.7 Å². The van der Waals surface area contributed by atoms with Crippen LogP contribution in [-0.2, 0) is 4.79 Å². The standard InChI is InChI=1S/C27H29N3O3/c1-33-22-12-13-24-23(17-22)21(18-29-24)16-25(30-26(31)20-10-6-3-7-11-20)27(32)28-15-14-19-8-4-2-5-9-19/h3,6-8,10-13,16-18,29H,2,4-5,9,14-15H2,1H3,(H,28,32)(H,30,31)/b25-16+. The van der Waals surface area contributed by atoms with Gasteiger partial charge in [-0.3, -0.25) is 9.59 Å². The molecule has 3 aromatic rings. The van der Waals surface area contributed by atoms with Crippen molar-refractivity contribution in [1.82, 2.24) is 15.6 Å². The zero-order valence-electron chi connectivity index (χ0n) is 18.8. The van der Waals surface area contributed by atoms with Gasteiger partial charge in [0.2, 0.25) is 0 Å². The highest BCUT2D eigenvalue weighted by atomic mass is 16.5. The molecule has 2 amide bonds. The fourth-order valence-corrected chi connectivity index (χ4v) is 4.03. The summed E-state index contributed by atoms with van der Waals surface area (Å²) in [6.45, 7) is 0.533. The van der Waals surface area contributed by atoms with Crippen molar-refractivity contribution in [3.05, 3.63) is 83.2 Å². The van der Waals surface area contributed by atoms with Crippen LogP contribution in [0.3, 0.4) is 0 Å². The molecule has 6 nitrogen and oxygen atoms in total. The third-order valence-corrected chi connectivity index (χ3v) is 5.87. The molecule has 0 aliphatic heterocycles. The van der Waals surface area contributed by atoms with Gasteiger partial charge >= 0.3 is 0 Å². The molecular formula is C27H29N3O3. The maximum absolute atomic E-state index is 13.1. The van der Waals surface area contributed by atoms with Gasteiger partial charge in [-0.1, -0.05) is 29.8 Å². The summed E-state index contributed by atoms with van der Waals surface area (Å²) in [7, 11) is 1.62. The maximum Gasteiger partial charge on any atom is 0.267 e. The van der Waals surface area contributed by atoms with E-state index < -0.39 is 0 Å². The average Bonchev–Trinajstić information content (AvgIpc) is 3.26. The molecule has 1 aliphatic rings. The van der Waals surface area contributed by atoms with E-state index >= 15 is 0 Å². The number of benzene rings is 2. The number of H-pyrrole nitrogens is 1. The molecule has 0 unspecified atom stereocenters. The SMILES string of the molecule is COc1ccc2[nH]cc(/C=C(/NC(=O)c3ccccc3)C(=O)NCCC3=CCCCC3)c2c1. The van der Waals surface area contributed by atoms with Crippen LogP contribution in [0.2, 0.25) is 0 Å². The molecule has 0 spiro atoms. The van der Waals surface area contributed by atoms with Crippen LogP contribution in [0.5, 0.6) is 5.75 Å². The number of allylic oxidation sites excluding steroid dienone is 1. The van der Waals surface area contributed by atoms with Gasteiger partial charge < -0.3 is 20.4 Å². The van der Waals surface area contributed by atoms with Crippen LogP contribution in [0.25, 0.3) is 17.0 Å². The number of ether oxygens (including phenoxy) is 1. The number of hydrogen-bond acceptors (Lipinski definition) is 3. The second-order valence-electron chi connectivity index (χ2n) is 8.15. The zero-order valence-corrected chi connectivity index (χ0v) is 18.8. The summed E-state index contributed by atoms with van der Waals surface area (Å²) in [5.41, 5.74) is 3.79. The third-order valence-electron chi connectivity index (χ3n) is 5.87. The Balaban J connectivity index is 1.57. The summed E-state index contributed by atoms with van der Waals surface area (Å²) in [5.74, 6) is 0.0779. The summed E-state index contributed by atoms with van der Waals surface area (Å²) in [6.07, 6.45) is 11.3. The quantitative estimate of drug-likeness (QED) is 0.340. The molecule has 0 saturated heterocycles. The molecule has 1 aliphatic carbocycles. The highest BCUT2D eigenvalue weighted by molar-refractivity contribution is 6.06. The molecule has 0 saturated carbocycles. The van der Waals surface area contributed by atoms with Gasteiger partial charge in [-0.15, -0.1) is 0 Å². The number of aromatic nitrogens is 1. The molecule has 33 heavy (non-hydrogen) atoms. The molecule has 1 aromatic heterocycles. The van der Waals surface area contributed by atoms with E-state index in [0.717, 1.165) is 41.5 Å². The summed E-state index contributed by atoms with van der Waals surface area (Å²) in [5, 5.41) is 6.68. The molecule has 6 heteroatoms. The normalized spacial score (nSPS) is 14.0. The number of rotatable bonds is 8. The van der Waals surface area contributed by atoms with E-state index in [0.29, 0.717) is 12.1 Å². The van der Waals surface area contributed by atoms with E-state index in [-0.39, 0.29) is 17.5 Å². The minimum Gasteiger partial charge on any atom is -0.497 e. The summed E-state index contributed by atoms with van der Waals surface area (Å²) in [4.78, 5) is 29.1. The van der Waals surface area contributed by atoms with Crippen LogP contribution in [-0.4, -0.2) is 30.5 Å². The molecule has 0 atom stereocenters. The average molecular weight is 444 g/mol. The number of carbonyl (C=O) groups is 2. The Hall–Kier alpha value is -3.80. The van der Waals surface area contributed by atoms with Crippen LogP contribution in [0.15, 0.2) is 72.1 Å². The van der Waals surface area contributed by atoms with Gasteiger partial charge in [0.05, 0.1) is 7.11 Å².